The summed E-state index contributed by atoms with van der Waals surface area (Å²) >= 11 is 6.97. The predicted molar refractivity (Wildman–Crippen MR) is 106 cm³/mol. The molecule has 1 amide bonds. The number of nitrogens with two attached hydrogens (primary N) is 1. The number of rotatable bonds is 4. The first kappa shape index (κ1) is 21.6. The molecular weight excluding hydrogens is 384 g/mol. The van der Waals surface area contributed by atoms with E-state index in [1.54, 1.807) is 24.0 Å². The summed E-state index contributed by atoms with van der Waals surface area (Å²) in [6.07, 6.45) is 0. The van der Waals surface area contributed by atoms with Crippen molar-refractivity contribution in [1.82, 2.24) is 9.80 Å². The highest BCUT2D eigenvalue weighted by atomic mass is 35.5. The fraction of sp³-hybridized carbons (Fsp3) is 0.467. The van der Waals surface area contributed by atoms with Crippen LogP contribution in [0.1, 0.15) is 12.5 Å². The zero-order valence-electron chi connectivity index (χ0n) is 13.8. The number of thioether (sulfide) groups is 1. The molecule has 7 nitrogen and oxygen atoms in total. The first-order chi connectivity index (χ1) is 11.4. The second-order valence-corrected chi connectivity index (χ2v) is 7.19. The van der Waals surface area contributed by atoms with Crippen molar-refractivity contribution in [2.24, 2.45) is 5.73 Å². The van der Waals surface area contributed by atoms with Crippen molar-refractivity contribution in [2.45, 2.75) is 18.7 Å². The molecule has 1 aliphatic rings. The Morgan fingerprint density at radius 2 is 1.80 bits per heavy atom. The number of nitro groups is 1. The molecule has 25 heavy (non-hydrogen) atoms. The molecule has 1 unspecified atom stereocenters. The molecule has 2 N–H and O–H groups in total. The summed E-state index contributed by atoms with van der Waals surface area (Å²) in [4.78, 5) is 25.9. The molecule has 1 fully saturated rings. The number of nitrogens with zero attached hydrogens (tertiary/aromatic N) is 3. The van der Waals surface area contributed by atoms with Gasteiger partial charge in [-0.25, -0.2) is 0 Å². The molecule has 1 aromatic carbocycles. The molecule has 0 aliphatic carbocycles. The molecule has 0 bridgehead atoms. The summed E-state index contributed by atoms with van der Waals surface area (Å²) in [5, 5.41) is 10.6. The molecule has 1 atom stereocenters. The van der Waals surface area contributed by atoms with Crippen LogP contribution in [-0.2, 0) is 10.5 Å². The maximum atomic E-state index is 11.9. The lowest BCUT2D eigenvalue weighted by Gasteiger charge is -2.36. The van der Waals surface area contributed by atoms with Gasteiger partial charge in [-0.3, -0.25) is 14.9 Å². The van der Waals surface area contributed by atoms with Crippen molar-refractivity contribution in [2.75, 3.05) is 26.2 Å². The average molecular weight is 405 g/mol. The van der Waals surface area contributed by atoms with Gasteiger partial charge < -0.3 is 15.5 Å². The van der Waals surface area contributed by atoms with Crippen molar-refractivity contribution in [3.05, 3.63) is 39.9 Å². The van der Waals surface area contributed by atoms with Crippen molar-refractivity contribution in [1.29, 1.82) is 0 Å². The van der Waals surface area contributed by atoms with Gasteiger partial charge in [0, 0.05) is 44.1 Å². The number of amides is 1. The molecule has 10 heteroatoms. The monoisotopic (exact) mass is 404 g/mol. The number of non-ortho nitro benzene ring substituents is 1. The van der Waals surface area contributed by atoms with Crippen LogP contribution in [0.3, 0.4) is 0 Å². The zero-order chi connectivity index (χ0) is 17.7. The van der Waals surface area contributed by atoms with E-state index >= 15 is 0 Å². The van der Waals surface area contributed by atoms with Gasteiger partial charge in [0.25, 0.3) is 5.69 Å². The number of nitro benzene ring substituents is 1. The van der Waals surface area contributed by atoms with Crippen LogP contribution >= 0.6 is 36.4 Å². The second kappa shape index (κ2) is 9.91. The third kappa shape index (κ3) is 6.10. The molecule has 1 aromatic rings. The molecule has 1 aliphatic heterocycles. The number of thiocarbonyl (C=S) groups is 1. The van der Waals surface area contributed by atoms with Gasteiger partial charge >= 0.3 is 0 Å². The molecule has 1 heterocycles. The van der Waals surface area contributed by atoms with Gasteiger partial charge in [-0.15, -0.1) is 12.4 Å². The highest BCUT2D eigenvalue weighted by molar-refractivity contribution is 8.22. The lowest BCUT2D eigenvalue weighted by Crippen LogP contribution is -2.53. The third-order valence-corrected chi connectivity index (χ3v) is 5.34. The van der Waals surface area contributed by atoms with Crippen molar-refractivity contribution in [3.63, 3.8) is 0 Å². The second-order valence-electron chi connectivity index (χ2n) is 5.58. The summed E-state index contributed by atoms with van der Waals surface area (Å²) < 4.78 is 0.779. The van der Waals surface area contributed by atoms with Crippen molar-refractivity contribution in [3.8, 4) is 0 Å². The maximum absolute atomic E-state index is 11.9. The molecular formula is C15H21ClN4O3S2. The van der Waals surface area contributed by atoms with Gasteiger partial charge in [0.15, 0.2) is 0 Å². The summed E-state index contributed by atoms with van der Waals surface area (Å²) in [5.74, 6) is 0.634. The number of benzene rings is 1. The molecule has 1 saturated heterocycles. The van der Waals surface area contributed by atoms with Crippen molar-refractivity contribution >= 4 is 52.3 Å². The Kier molecular flexibility index (Phi) is 8.57. The Labute approximate surface area is 162 Å². The summed E-state index contributed by atoms with van der Waals surface area (Å²) in [7, 11) is 0. The van der Waals surface area contributed by atoms with Gasteiger partial charge in [0.1, 0.15) is 4.32 Å². The molecule has 0 saturated carbocycles. The van der Waals surface area contributed by atoms with Crippen LogP contribution in [-0.4, -0.2) is 57.2 Å². The van der Waals surface area contributed by atoms with Crippen molar-refractivity contribution < 1.29 is 9.72 Å². The highest BCUT2D eigenvalue weighted by Gasteiger charge is 2.24. The lowest BCUT2D eigenvalue weighted by atomic mass is 10.2. The Hall–Kier alpha value is -1.42. The number of carbonyl (C=O) groups excluding carboxylic acids is 1. The SMILES string of the molecule is CC(N)C(=O)N1CCN(C(=S)SCc2ccc([N+](=O)[O-])cc2)CC1.Cl. The van der Waals surface area contributed by atoms with E-state index in [1.807, 2.05) is 0 Å². The van der Waals surface area contributed by atoms with Gasteiger partial charge in [-0.1, -0.05) is 36.1 Å². The number of piperazine rings is 1. The molecule has 0 spiro atoms. The summed E-state index contributed by atoms with van der Waals surface area (Å²) in [6, 6.07) is 6.01. The number of hydrogen-bond acceptors (Lipinski definition) is 6. The van der Waals surface area contributed by atoms with E-state index in [9.17, 15) is 14.9 Å². The number of halogens is 1. The number of hydrogen-bond donors (Lipinski definition) is 1. The van der Waals surface area contributed by atoms with E-state index in [4.69, 9.17) is 18.0 Å². The summed E-state index contributed by atoms with van der Waals surface area (Å²) in [6.45, 7) is 4.34. The molecule has 2 rings (SSSR count). The quantitative estimate of drug-likeness (QED) is 0.466. The standard InChI is InChI=1S/C15H20N4O3S2.ClH/c1-11(16)14(20)17-6-8-18(9-7-17)15(23)24-10-12-2-4-13(5-3-12)19(21)22;/h2-5,11H,6-10,16H2,1H3;1H. The zero-order valence-corrected chi connectivity index (χ0v) is 16.2. The van der Waals surface area contributed by atoms with E-state index < -0.39 is 11.0 Å². The minimum absolute atomic E-state index is 0. The lowest BCUT2D eigenvalue weighted by molar-refractivity contribution is -0.384. The van der Waals surface area contributed by atoms with Crippen LogP contribution < -0.4 is 5.73 Å². The normalized spacial score (nSPS) is 15.3. The minimum Gasteiger partial charge on any atom is -0.354 e. The van der Waals surface area contributed by atoms with Crippen LogP contribution in [0.25, 0.3) is 0 Å². The molecule has 0 radical (unpaired) electrons. The third-order valence-electron chi connectivity index (χ3n) is 3.75. The Morgan fingerprint density at radius 3 is 2.28 bits per heavy atom. The van der Waals surface area contributed by atoms with Crippen LogP contribution in [0.15, 0.2) is 24.3 Å². The predicted octanol–water partition coefficient (Wildman–Crippen LogP) is 2.03. The van der Waals surface area contributed by atoms with E-state index in [0.717, 1.165) is 9.88 Å². The molecule has 0 aromatic heterocycles. The Balaban J connectivity index is 0.00000312. The topological polar surface area (TPSA) is 92.7 Å². The van der Waals surface area contributed by atoms with E-state index in [1.165, 1.54) is 23.9 Å². The number of carbonyl (C=O) groups is 1. The smallest absolute Gasteiger partial charge is 0.269 e. The first-order valence-electron chi connectivity index (χ1n) is 7.58. The molecule has 138 valence electrons. The van der Waals surface area contributed by atoms with Gasteiger partial charge in [-0.2, -0.15) is 0 Å². The van der Waals surface area contributed by atoms with Crippen LogP contribution in [0.2, 0.25) is 0 Å². The Bertz CT molecular complexity index is 620. The average Bonchev–Trinajstić information content (AvgIpc) is 2.59. The highest BCUT2D eigenvalue weighted by Crippen LogP contribution is 2.20. The van der Waals surface area contributed by atoms with E-state index in [2.05, 4.69) is 4.90 Å². The first-order valence-corrected chi connectivity index (χ1v) is 8.97. The van der Waals surface area contributed by atoms with Gasteiger partial charge in [0.2, 0.25) is 5.91 Å². The van der Waals surface area contributed by atoms with E-state index in [0.29, 0.717) is 31.9 Å². The summed E-state index contributed by atoms with van der Waals surface area (Å²) in [5.41, 5.74) is 6.70. The van der Waals surface area contributed by atoms with Crippen LogP contribution in [0.4, 0.5) is 5.69 Å². The fourth-order valence-electron chi connectivity index (χ4n) is 2.35. The van der Waals surface area contributed by atoms with Gasteiger partial charge in [-0.05, 0) is 12.5 Å². The largest absolute Gasteiger partial charge is 0.354 e. The fourth-order valence-corrected chi connectivity index (χ4v) is 3.55. The minimum atomic E-state index is -0.472. The van der Waals surface area contributed by atoms with Crippen LogP contribution in [0.5, 0.6) is 0 Å². The van der Waals surface area contributed by atoms with Crippen LogP contribution in [0, 0.1) is 10.1 Å². The van der Waals surface area contributed by atoms with E-state index in [-0.39, 0.29) is 24.0 Å². The maximum Gasteiger partial charge on any atom is 0.269 e. The van der Waals surface area contributed by atoms with Gasteiger partial charge in [0.05, 0.1) is 11.0 Å². The Morgan fingerprint density at radius 1 is 1.28 bits per heavy atom.